The van der Waals surface area contributed by atoms with Crippen LogP contribution in [0.1, 0.15) is 0 Å². The molecule has 0 atom stereocenters. The van der Waals surface area contributed by atoms with Crippen LogP contribution in [0.4, 0.5) is 0 Å². The zero-order valence-electron chi connectivity index (χ0n) is 2.53. The molecule has 0 aliphatic carbocycles. The van der Waals surface area contributed by atoms with Gasteiger partial charge in [0.25, 0.3) is 0 Å². The first-order valence-corrected chi connectivity index (χ1v) is 4.72. The van der Waals surface area contributed by atoms with Crippen molar-refractivity contribution in [2.24, 2.45) is 0 Å². The van der Waals surface area contributed by atoms with Gasteiger partial charge in [0.05, 0.1) is 0 Å². The van der Waals surface area contributed by atoms with Crippen LogP contribution in [0.3, 0.4) is 0 Å². The minimum atomic E-state index is -1.42. The van der Waals surface area contributed by atoms with E-state index in [0.717, 1.165) is 12.2 Å². The SMILES string of the molecule is O=[Si]=O.[P]#[Ni]#[P]. The molecule has 36 valence electrons. The Bertz CT molecular complexity index is 142. The fourth-order valence-electron chi connectivity index (χ4n) is 0. The quantitative estimate of drug-likeness (QED) is 0.414. The fraction of sp³-hybridized carbons (Fsp3) is 0. The molecule has 0 aliphatic heterocycles. The van der Waals surface area contributed by atoms with E-state index in [-0.39, 0.29) is 0 Å². The van der Waals surface area contributed by atoms with Gasteiger partial charge >= 0.3 is 36.2 Å². The Kier molecular flexibility index (Phi) is 27.9. The predicted molar refractivity (Wildman–Crippen MR) is 21.0 cm³/mol. The summed E-state index contributed by atoms with van der Waals surface area (Å²) < 4.78 is 16.8. The monoisotopic (exact) mass is 180 g/mol. The van der Waals surface area contributed by atoms with Crippen molar-refractivity contribution in [2.75, 3.05) is 0 Å². The number of hydrogen-bond donors (Lipinski definition) is 0. The van der Waals surface area contributed by atoms with Gasteiger partial charge in [-0.25, -0.2) is 0 Å². The van der Waals surface area contributed by atoms with Crippen molar-refractivity contribution >= 4 is 24.0 Å². The average Bonchev–Trinajstić information content (AvgIpc) is 1.39. The van der Waals surface area contributed by atoms with Gasteiger partial charge in [-0.05, 0) is 0 Å². The van der Waals surface area contributed by atoms with Crippen molar-refractivity contribution in [1.82, 2.24) is 0 Å². The maximum absolute atomic E-state index is 8.40. The molecule has 6 heavy (non-hydrogen) atoms. The van der Waals surface area contributed by atoms with Crippen LogP contribution in [0, 0.1) is 0 Å². The van der Waals surface area contributed by atoms with E-state index in [2.05, 4.69) is 14.7 Å². The Morgan fingerprint density at radius 1 is 1.33 bits per heavy atom. The number of hydrogen-bond acceptors (Lipinski definition) is 2. The summed E-state index contributed by atoms with van der Waals surface area (Å²) in [6.45, 7) is 0. The van der Waals surface area contributed by atoms with Crippen LogP contribution < -0.4 is 0 Å². The summed E-state index contributed by atoms with van der Waals surface area (Å²) in [5.41, 5.74) is 0. The summed E-state index contributed by atoms with van der Waals surface area (Å²) in [4.78, 5) is 0. The molecule has 0 aromatic rings. The van der Waals surface area contributed by atoms with Gasteiger partial charge in [-0.1, -0.05) is 0 Å². The summed E-state index contributed by atoms with van der Waals surface area (Å²) in [7, 11) is 5.76. The third-order valence-corrected chi connectivity index (χ3v) is 0. The van der Waals surface area contributed by atoms with Gasteiger partial charge in [0.2, 0.25) is 0 Å². The van der Waals surface area contributed by atoms with E-state index in [1.165, 1.54) is 0 Å². The van der Waals surface area contributed by atoms with Crippen molar-refractivity contribution in [1.29, 1.82) is 0 Å². The van der Waals surface area contributed by atoms with Crippen molar-refractivity contribution in [3.8, 4) is 0 Å². The van der Waals surface area contributed by atoms with E-state index in [4.69, 9.17) is 8.92 Å². The zero-order valence-corrected chi connectivity index (χ0v) is 6.30. The van der Waals surface area contributed by atoms with Crippen molar-refractivity contribution in [3.63, 3.8) is 0 Å². The van der Waals surface area contributed by atoms with Crippen molar-refractivity contribution < 1.29 is 21.1 Å². The van der Waals surface area contributed by atoms with Crippen LogP contribution in [0.2, 0.25) is 0 Å². The van der Waals surface area contributed by atoms with Crippen LogP contribution in [0.25, 0.3) is 0 Å². The minimum absolute atomic E-state index is 1.01. The molecule has 6 heteroatoms. The molecule has 0 bridgehead atoms. The first-order valence-electron chi connectivity index (χ1n) is 0.691. The average molecular weight is 181 g/mol. The van der Waals surface area contributed by atoms with E-state index in [0.29, 0.717) is 0 Å². The van der Waals surface area contributed by atoms with Crippen LogP contribution >= 0.6 is 14.7 Å². The molecule has 0 radical (unpaired) electrons. The van der Waals surface area contributed by atoms with Gasteiger partial charge in [0.1, 0.15) is 0 Å². The molecule has 2 nitrogen and oxygen atoms in total. The van der Waals surface area contributed by atoms with E-state index in [1.807, 2.05) is 0 Å². The Morgan fingerprint density at radius 2 is 1.33 bits per heavy atom. The van der Waals surface area contributed by atoms with Gasteiger partial charge < -0.3 is 0 Å². The van der Waals surface area contributed by atoms with Crippen LogP contribution in [-0.4, -0.2) is 9.29 Å². The van der Waals surface area contributed by atoms with E-state index in [9.17, 15) is 0 Å². The number of rotatable bonds is 0. The second kappa shape index (κ2) is 16.4. The first kappa shape index (κ1) is 10.2. The van der Waals surface area contributed by atoms with Gasteiger partial charge in [0, 0.05) is 0 Å². The molecular weight excluding hydrogens is 181 g/mol. The Hall–Kier alpha value is 1.17. The topological polar surface area (TPSA) is 34.1 Å². The predicted octanol–water partition coefficient (Wildman–Crippen LogP) is 1.10. The molecule has 0 fully saturated rings. The second-order valence-electron chi connectivity index (χ2n) is 0.147. The molecule has 0 aliphatic rings. The fourth-order valence-corrected chi connectivity index (χ4v) is 0. The third kappa shape index (κ3) is 65.6. The third-order valence-electron chi connectivity index (χ3n) is 0. The van der Waals surface area contributed by atoms with Gasteiger partial charge in [0.15, 0.2) is 0 Å². The van der Waals surface area contributed by atoms with Crippen LogP contribution in [0.15, 0.2) is 0 Å². The van der Waals surface area contributed by atoms with Gasteiger partial charge in [-0.2, -0.15) is 0 Å². The Labute approximate surface area is 45.6 Å². The molecule has 0 heterocycles. The normalized spacial score (nSPS) is 3.67. The maximum atomic E-state index is 8.40. The molecule has 0 unspecified atom stereocenters. The molecular formula is NiO2P2Si. The molecule has 0 aromatic heterocycles. The summed E-state index contributed by atoms with van der Waals surface area (Å²) >= 11 is 1.01. The summed E-state index contributed by atoms with van der Waals surface area (Å²) in [6, 6.07) is 0. The Balaban J connectivity index is 0. The van der Waals surface area contributed by atoms with E-state index in [1.54, 1.807) is 0 Å². The summed E-state index contributed by atoms with van der Waals surface area (Å²) in [6.07, 6.45) is 0. The standard InChI is InChI=1S/Ni.O2Si.2P/c;1-3-2;;. The molecule has 0 N–H and O–H groups in total. The first-order chi connectivity index (χ1) is 2.83. The van der Waals surface area contributed by atoms with Crippen molar-refractivity contribution in [2.45, 2.75) is 0 Å². The molecule has 0 rings (SSSR count). The molecule has 0 saturated heterocycles. The molecule has 0 saturated carbocycles. The van der Waals surface area contributed by atoms with Crippen molar-refractivity contribution in [3.05, 3.63) is 0 Å². The molecule has 0 aromatic carbocycles. The summed E-state index contributed by atoms with van der Waals surface area (Å²) in [5, 5.41) is 0. The van der Waals surface area contributed by atoms with Crippen LogP contribution in [0.5, 0.6) is 0 Å². The van der Waals surface area contributed by atoms with Crippen LogP contribution in [-0.2, 0) is 21.1 Å². The van der Waals surface area contributed by atoms with Gasteiger partial charge in [-0.15, -0.1) is 0 Å². The van der Waals surface area contributed by atoms with E-state index < -0.39 is 9.29 Å². The van der Waals surface area contributed by atoms with Gasteiger partial charge in [-0.3, -0.25) is 8.92 Å². The summed E-state index contributed by atoms with van der Waals surface area (Å²) in [5.74, 6) is 0. The Morgan fingerprint density at radius 3 is 1.33 bits per heavy atom. The molecule has 0 spiro atoms. The second-order valence-corrected chi connectivity index (χ2v) is 2.60. The van der Waals surface area contributed by atoms with E-state index >= 15 is 0 Å². The molecule has 0 amide bonds. The zero-order chi connectivity index (χ0) is 5.41.